The number of benzene rings is 1. The van der Waals surface area contributed by atoms with Crippen molar-refractivity contribution < 1.29 is 9.90 Å². The Hall–Kier alpha value is -1.03. The first-order valence-electron chi connectivity index (χ1n) is 6.17. The molecule has 0 saturated heterocycles. The lowest BCUT2D eigenvalue weighted by atomic mass is 10.1. The Morgan fingerprint density at radius 2 is 2.06 bits per heavy atom. The van der Waals surface area contributed by atoms with Gasteiger partial charge in [0, 0.05) is 24.4 Å². The van der Waals surface area contributed by atoms with Gasteiger partial charge in [0.15, 0.2) is 0 Å². The highest BCUT2D eigenvalue weighted by atomic mass is 79.9. The number of carbonyl (C=O) groups excluding carboxylic acids is 1. The van der Waals surface area contributed by atoms with E-state index in [4.69, 9.17) is 0 Å². The van der Waals surface area contributed by atoms with Crippen molar-refractivity contribution in [1.82, 2.24) is 4.90 Å². The lowest BCUT2D eigenvalue weighted by molar-refractivity contribution is -0.131. The molecule has 1 N–H and O–H groups in total. The van der Waals surface area contributed by atoms with E-state index >= 15 is 0 Å². The molecule has 1 amide bonds. The van der Waals surface area contributed by atoms with E-state index in [0.29, 0.717) is 6.42 Å². The summed E-state index contributed by atoms with van der Waals surface area (Å²) in [6.45, 7) is 1.93. The zero-order valence-corrected chi connectivity index (χ0v) is 12.5. The number of unbranched alkanes of at least 4 members (excludes halogenated alkanes) is 1. The molecule has 3 nitrogen and oxygen atoms in total. The van der Waals surface area contributed by atoms with Crippen LogP contribution in [0.1, 0.15) is 37.8 Å². The number of aromatic hydroxyl groups is 1. The van der Waals surface area contributed by atoms with E-state index < -0.39 is 0 Å². The molecular formula is C14H20BrNO2. The topological polar surface area (TPSA) is 40.5 Å². The minimum Gasteiger partial charge on any atom is -0.508 e. The number of carbonyl (C=O) groups is 1. The van der Waals surface area contributed by atoms with Crippen LogP contribution in [-0.4, -0.2) is 28.3 Å². The highest BCUT2D eigenvalue weighted by Gasteiger charge is 2.18. The number of amides is 1. The zero-order chi connectivity index (χ0) is 13.5. The number of rotatable bonds is 6. The smallest absolute Gasteiger partial charge is 0.222 e. The summed E-state index contributed by atoms with van der Waals surface area (Å²) in [4.78, 5) is 13.7. The van der Waals surface area contributed by atoms with Crippen LogP contribution in [-0.2, 0) is 4.79 Å². The molecule has 4 heteroatoms. The fourth-order valence-corrected chi connectivity index (χ4v) is 2.21. The molecule has 1 rings (SSSR count). The van der Waals surface area contributed by atoms with Crippen LogP contribution in [0.25, 0.3) is 0 Å². The van der Waals surface area contributed by atoms with Gasteiger partial charge in [-0.1, -0.05) is 34.1 Å². The Morgan fingerprint density at radius 1 is 1.39 bits per heavy atom. The average Bonchev–Trinajstić information content (AvgIpc) is 2.38. The molecule has 1 aromatic carbocycles. The summed E-state index contributed by atoms with van der Waals surface area (Å²) in [5, 5.41) is 10.7. The monoisotopic (exact) mass is 313 g/mol. The van der Waals surface area contributed by atoms with Gasteiger partial charge in [0.25, 0.3) is 0 Å². The van der Waals surface area contributed by atoms with Gasteiger partial charge in [0.2, 0.25) is 5.91 Å². The number of phenols is 1. The van der Waals surface area contributed by atoms with Crippen LogP contribution in [0.3, 0.4) is 0 Å². The number of nitrogens with zero attached hydrogens (tertiary/aromatic N) is 1. The van der Waals surface area contributed by atoms with Crippen LogP contribution in [0, 0.1) is 0 Å². The molecule has 0 aromatic heterocycles. The van der Waals surface area contributed by atoms with Crippen LogP contribution in [0.2, 0.25) is 0 Å². The highest BCUT2D eigenvalue weighted by molar-refractivity contribution is 9.09. The van der Waals surface area contributed by atoms with E-state index in [9.17, 15) is 9.90 Å². The maximum atomic E-state index is 12.0. The standard InChI is InChI=1S/C14H20BrNO2/c1-11(12-7-3-4-8-13(12)17)16(2)14(18)9-5-6-10-15/h3-4,7-8,11,17H,5-6,9-10H2,1-2H3. The lowest BCUT2D eigenvalue weighted by Gasteiger charge is -2.26. The third-order valence-corrected chi connectivity index (χ3v) is 3.70. The summed E-state index contributed by atoms with van der Waals surface area (Å²) in [6.07, 6.45) is 2.45. The van der Waals surface area contributed by atoms with Gasteiger partial charge >= 0.3 is 0 Å². The average molecular weight is 314 g/mol. The number of halogens is 1. The van der Waals surface area contributed by atoms with Crippen LogP contribution in [0.15, 0.2) is 24.3 Å². The van der Waals surface area contributed by atoms with Crippen molar-refractivity contribution in [3.8, 4) is 5.75 Å². The Morgan fingerprint density at radius 3 is 2.67 bits per heavy atom. The first-order chi connectivity index (χ1) is 8.57. The van der Waals surface area contributed by atoms with Crippen molar-refractivity contribution in [2.24, 2.45) is 0 Å². The molecule has 0 heterocycles. The Labute approximate surface area is 117 Å². The van der Waals surface area contributed by atoms with Crippen molar-refractivity contribution in [2.75, 3.05) is 12.4 Å². The molecular weight excluding hydrogens is 294 g/mol. The fourth-order valence-electron chi connectivity index (χ4n) is 1.81. The van der Waals surface area contributed by atoms with E-state index in [1.165, 1.54) is 0 Å². The van der Waals surface area contributed by atoms with E-state index in [1.807, 2.05) is 19.1 Å². The molecule has 0 aliphatic carbocycles. The Bertz CT molecular complexity index is 395. The molecule has 0 aliphatic rings. The van der Waals surface area contributed by atoms with Crippen molar-refractivity contribution in [3.63, 3.8) is 0 Å². The number of phenolic OH excluding ortho intramolecular Hbond substituents is 1. The summed E-state index contributed by atoms with van der Waals surface area (Å²) in [5.41, 5.74) is 0.786. The van der Waals surface area contributed by atoms with Crippen molar-refractivity contribution >= 4 is 21.8 Å². The lowest BCUT2D eigenvalue weighted by Crippen LogP contribution is -2.29. The van der Waals surface area contributed by atoms with Crippen LogP contribution >= 0.6 is 15.9 Å². The number of hydrogen-bond acceptors (Lipinski definition) is 2. The first kappa shape index (κ1) is 15.0. The maximum Gasteiger partial charge on any atom is 0.222 e. The summed E-state index contributed by atoms with van der Waals surface area (Å²) < 4.78 is 0. The van der Waals surface area contributed by atoms with E-state index in [-0.39, 0.29) is 17.7 Å². The second-order valence-electron chi connectivity index (χ2n) is 4.39. The Balaban J connectivity index is 2.63. The van der Waals surface area contributed by atoms with Gasteiger partial charge in [0.05, 0.1) is 6.04 Å². The summed E-state index contributed by atoms with van der Waals surface area (Å²) in [6, 6.07) is 7.04. The summed E-state index contributed by atoms with van der Waals surface area (Å²) in [7, 11) is 1.79. The number of para-hydroxylation sites is 1. The SMILES string of the molecule is CC(c1ccccc1O)N(C)C(=O)CCCCBr. The van der Waals surface area contributed by atoms with Gasteiger partial charge in [-0.2, -0.15) is 0 Å². The van der Waals surface area contributed by atoms with Gasteiger partial charge in [-0.25, -0.2) is 0 Å². The fraction of sp³-hybridized carbons (Fsp3) is 0.500. The molecule has 1 atom stereocenters. The predicted molar refractivity (Wildman–Crippen MR) is 76.9 cm³/mol. The summed E-state index contributed by atoms with van der Waals surface area (Å²) >= 11 is 3.35. The largest absolute Gasteiger partial charge is 0.508 e. The van der Waals surface area contributed by atoms with Gasteiger partial charge < -0.3 is 10.0 Å². The molecule has 1 unspecified atom stereocenters. The van der Waals surface area contributed by atoms with Crippen LogP contribution in [0.4, 0.5) is 0 Å². The number of hydrogen-bond donors (Lipinski definition) is 1. The maximum absolute atomic E-state index is 12.0. The number of alkyl halides is 1. The first-order valence-corrected chi connectivity index (χ1v) is 7.29. The van der Waals surface area contributed by atoms with Crippen molar-refractivity contribution in [2.45, 2.75) is 32.2 Å². The predicted octanol–water partition coefficient (Wildman–Crippen LogP) is 3.48. The molecule has 18 heavy (non-hydrogen) atoms. The third-order valence-electron chi connectivity index (χ3n) is 3.14. The molecule has 0 fully saturated rings. The quantitative estimate of drug-likeness (QED) is 0.645. The van der Waals surface area contributed by atoms with Crippen LogP contribution in [0.5, 0.6) is 5.75 Å². The van der Waals surface area contributed by atoms with Gasteiger partial charge in [-0.3, -0.25) is 4.79 Å². The molecule has 1 aromatic rings. The van der Waals surface area contributed by atoms with Gasteiger partial charge in [-0.05, 0) is 25.8 Å². The normalized spacial score (nSPS) is 12.2. The molecule has 0 spiro atoms. The zero-order valence-electron chi connectivity index (χ0n) is 10.9. The Kier molecular flexibility index (Phi) is 6.19. The molecule has 0 aliphatic heterocycles. The minimum atomic E-state index is -0.109. The van der Waals surface area contributed by atoms with E-state index in [2.05, 4.69) is 15.9 Å². The van der Waals surface area contributed by atoms with Crippen molar-refractivity contribution in [3.05, 3.63) is 29.8 Å². The summed E-state index contributed by atoms with van der Waals surface area (Å²) in [5.74, 6) is 0.358. The molecule has 0 saturated carbocycles. The highest BCUT2D eigenvalue weighted by Crippen LogP contribution is 2.27. The van der Waals surface area contributed by atoms with Crippen molar-refractivity contribution in [1.29, 1.82) is 0 Å². The van der Waals surface area contributed by atoms with Crippen LogP contribution < -0.4 is 0 Å². The molecule has 100 valence electrons. The minimum absolute atomic E-state index is 0.109. The van der Waals surface area contributed by atoms with E-state index in [1.54, 1.807) is 24.1 Å². The second kappa shape index (κ2) is 7.41. The van der Waals surface area contributed by atoms with E-state index in [0.717, 1.165) is 23.7 Å². The molecule has 0 radical (unpaired) electrons. The molecule has 0 bridgehead atoms. The second-order valence-corrected chi connectivity index (χ2v) is 5.18. The van der Waals surface area contributed by atoms with Gasteiger partial charge in [0.1, 0.15) is 5.75 Å². The third kappa shape index (κ3) is 4.02. The van der Waals surface area contributed by atoms with Gasteiger partial charge in [-0.15, -0.1) is 0 Å².